The number of carbonyl (C=O) groups excluding carboxylic acids is 1. The number of anilines is 1. The zero-order valence-electron chi connectivity index (χ0n) is 10.9. The number of nitrogens with two attached hydrogens (primary N) is 1. The molecule has 0 saturated carbocycles. The second-order valence-electron chi connectivity index (χ2n) is 4.42. The van der Waals surface area contributed by atoms with Gasteiger partial charge in [-0.1, -0.05) is 35.9 Å². The van der Waals surface area contributed by atoms with Crippen LogP contribution in [0.4, 0.5) is 10.1 Å². The van der Waals surface area contributed by atoms with E-state index in [9.17, 15) is 9.18 Å². The molecule has 0 aliphatic rings. The number of halogens is 2. The van der Waals surface area contributed by atoms with Crippen LogP contribution >= 0.6 is 11.6 Å². The molecule has 1 unspecified atom stereocenters. The van der Waals surface area contributed by atoms with Crippen LogP contribution < -0.4 is 11.1 Å². The molecule has 2 aromatic rings. The van der Waals surface area contributed by atoms with Crippen molar-refractivity contribution in [3.8, 4) is 0 Å². The number of nitrogen functional groups attached to an aromatic ring is 1. The molecule has 2 rings (SSSR count). The van der Waals surface area contributed by atoms with Crippen LogP contribution in [0.15, 0.2) is 42.5 Å². The molecule has 3 N–H and O–H groups in total. The second-order valence-corrected chi connectivity index (χ2v) is 4.82. The molecule has 0 spiro atoms. The van der Waals surface area contributed by atoms with E-state index in [1.54, 1.807) is 43.3 Å². The summed E-state index contributed by atoms with van der Waals surface area (Å²) >= 11 is 5.87. The first-order valence-electron chi connectivity index (χ1n) is 6.10. The molecule has 2 aromatic carbocycles. The summed E-state index contributed by atoms with van der Waals surface area (Å²) in [6.07, 6.45) is 0. The Morgan fingerprint density at radius 3 is 2.65 bits per heavy atom. The van der Waals surface area contributed by atoms with Gasteiger partial charge in [-0.05, 0) is 25.1 Å². The largest absolute Gasteiger partial charge is 0.397 e. The molecule has 0 radical (unpaired) electrons. The first kappa shape index (κ1) is 14.3. The van der Waals surface area contributed by atoms with Gasteiger partial charge in [-0.25, -0.2) is 4.39 Å². The Balaban J connectivity index is 2.20. The molecule has 5 heteroatoms. The molecule has 1 atom stereocenters. The number of para-hydroxylation sites is 1. The highest BCUT2D eigenvalue weighted by molar-refractivity contribution is 6.33. The van der Waals surface area contributed by atoms with Crippen molar-refractivity contribution in [3.63, 3.8) is 0 Å². The van der Waals surface area contributed by atoms with Crippen LogP contribution in [0.2, 0.25) is 5.02 Å². The first-order valence-corrected chi connectivity index (χ1v) is 6.47. The van der Waals surface area contributed by atoms with Gasteiger partial charge in [0.05, 0.1) is 22.3 Å². The smallest absolute Gasteiger partial charge is 0.253 e. The highest BCUT2D eigenvalue weighted by atomic mass is 35.5. The Hall–Kier alpha value is -2.07. The standard InChI is InChI=1S/C15H14ClFN2O/c1-9(10-5-2-3-8-13(10)17)19-15(20)11-6-4-7-12(16)14(11)18/h2-9H,18H2,1H3,(H,19,20). The monoisotopic (exact) mass is 292 g/mol. The Labute approximate surface area is 121 Å². The number of benzene rings is 2. The highest BCUT2D eigenvalue weighted by Gasteiger charge is 2.16. The van der Waals surface area contributed by atoms with Gasteiger partial charge in [0.15, 0.2) is 0 Å². The lowest BCUT2D eigenvalue weighted by Crippen LogP contribution is -2.28. The minimum Gasteiger partial charge on any atom is -0.397 e. The van der Waals surface area contributed by atoms with E-state index in [1.807, 2.05) is 0 Å². The summed E-state index contributed by atoms with van der Waals surface area (Å²) < 4.78 is 13.6. The van der Waals surface area contributed by atoms with E-state index in [-0.39, 0.29) is 23.0 Å². The maximum atomic E-state index is 13.6. The molecule has 0 bridgehead atoms. The summed E-state index contributed by atoms with van der Waals surface area (Å²) in [5, 5.41) is 3.02. The van der Waals surface area contributed by atoms with Gasteiger partial charge in [-0.3, -0.25) is 4.79 Å². The first-order chi connectivity index (χ1) is 9.50. The number of nitrogens with one attached hydrogen (secondary N) is 1. The van der Waals surface area contributed by atoms with Crippen molar-refractivity contribution in [1.82, 2.24) is 5.32 Å². The van der Waals surface area contributed by atoms with Crippen molar-refractivity contribution >= 4 is 23.2 Å². The molecule has 0 saturated heterocycles. The van der Waals surface area contributed by atoms with Crippen LogP contribution in [0, 0.1) is 5.82 Å². The Morgan fingerprint density at radius 1 is 1.25 bits per heavy atom. The number of carbonyl (C=O) groups is 1. The quantitative estimate of drug-likeness (QED) is 0.850. The maximum Gasteiger partial charge on any atom is 0.253 e. The lowest BCUT2D eigenvalue weighted by atomic mass is 10.1. The normalized spacial score (nSPS) is 11.9. The second kappa shape index (κ2) is 5.92. The molecule has 3 nitrogen and oxygen atoms in total. The topological polar surface area (TPSA) is 55.1 Å². The summed E-state index contributed by atoms with van der Waals surface area (Å²) in [6, 6.07) is 10.6. The van der Waals surface area contributed by atoms with Gasteiger partial charge in [0, 0.05) is 5.56 Å². The zero-order valence-corrected chi connectivity index (χ0v) is 11.6. The van der Waals surface area contributed by atoms with Crippen LogP contribution in [-0.2, 0) is 0 Å². The molecule has 104 valence electrons. The summed E-state index contributed by atoms with van der Waals surface area (Å²) in [5.74, 6) is -0.750. The van der Waals surface area contributed by atoms with E-state index in [4.69, 9.17) is 17.3 Å². The van der Waals surface area contributed by atoms with Crippen molar-refractivity contribution in [3.05, 3.63) is 64.4 Å². The van der Waals surface area contributed by atoms with Crippen molar-refractivity contribution < 1.29 is 9.18 Å². The highest BCUT2D eigenvalue weighted by Crippen LogP contribution is 2.23. The van der Waals surface area contributed by atoms with Crippen molar-refractivity contribution in [2.24, 2.45) is 0 Å². The fourth-order valence-electron chi connectivity index (χ4n) is 1.91. The predicted molar refractivity (Wildman–Crippen MR) is 78.1 cm³/mol. The number of amides is 1. The third kappa shape index (κ3) is 2.91. The van der Waals surface area contributed by atoms with Crippen molar-refractivity contribution in [1.29, 1.82) is 0 Å². The van der Waals surface area contributed by atoms with Gasteiger partial charge in [-0.2, -0.15) is 0 Å². The van der Waals surface area contributed by atoms with Crippen LogP contribution in [0.25, 0.3) is 0 Å². The van der Waals surface area contributed by atoms with Gasteiger partial charge in [0.25, 0.3) is 5.91 Å². The number of hydrogen-bond donors (Lipinski definition) is 2. The fraction of sp³-hybridized carbons (Fsp3) is 0.133. The third-order valence-corrected chi connectivity index (χ3v) is 3.35. The minimum atomic E-state index is -0.470. The zero-order chi connectivity index (χ0) is 14.7. The van der Waals surface area contributed by atoms with E-state index in [1.165, 1.54) is 6.07 Å². The Kier molecular flexibility index (Phi) is 4.25. The fourth-order valence-corrected chi connectivity index (χ4v) is 2.09. The SMILES string of the molecule is CC(NC(=O)c1cccc(Cl)c1N)c1ccccc1F. The molecule has 0 fully saturated rings. The van der Waals surface area contributed by atoms with Crippen LogP contribution in [-0.4, -0.2) is 5.91 Å². The number of hydrogen-bond acceptors (Lipinski definition) is 2. The Bertz CT molecular complexity index is 646. The Morgan fingerprint density at radius 2 is 1.95 bits per heavy atom. The summed E-state index contributed by atoms with van der Waals surface area (Å²) in [6.45, 7) is 1.71. The van der Waals surface area contributed by atoms with Crippen molar-refractivity contribution in [2.75, 3.05) is 5.73 Å². The average Bonchev–Trinajstić information content (AvgIpc) is 2.42. The molecular weight excluding hydrogens is 279 g/mol. The lowest BCUT2D eigenvalue weighted by molar-refractivity contribution is 0.0940. The van der Waals surface area contributed by atoms with Gasteiger partial charge in [0.2, 0.25) is 0 Å². The predicted octanol–water partition coefficient (Wildman–Crippen LogP) is 3.55. The summed E-state index contributed by atoms with van der Waals surface area (Å²) in [7, 11) is 0. The molecular formula is C15H14ClFN2O. The van der Waals surface area contributed by atoms with E-state index in [2.05, 4.69) is 5.32 Å². The molecule has 1 amide bonds. The van der Waals surface area contributed by atoms with E-state index in [0.29, 0.717) is 10.6 Å². The van der Waals surface area contributed by atoms with Gasteiger partial charge >= 0.3 is 0 Å². The van der Waals surface area contributed by atoms with E-state index >= 15 is 0 Å². The third-order valence-electron chi connectivity index (χ3n) is 3.02. The lowest BCUT2D eigenvalue weighted by Gasteiger charge is -2.16. The van der Waals surface area contributed by atoms with Crippen LogP contribution in [0.5, 0.6) is 0 Å². The molecule has 0 aliphatic heterocycles. The molecule has 0 heterocycles. The average molecular weight is 293 g/mol. The van der Waals surface area contributed by atoms with Crippen LogP contribution in [0.3, 0.4) is 0 Å². The van der Waals surface area contributed by atoms with Crippen molar-refractivity contribution in [2.45, 2.75) is 13.0 Å². The number of rotatable bonds is 3. The molecule has 0 aliphatic carbocycles. The van der Waals surface area contributed by atoms with E-state index in [0.717, 1.165) is 0 Å². The van der Waals surface area contributed by atoms with Crippen LogP contribution in [0.1, 0.15) is 28.9 Å². The van der Waals surface area contributed by atoms with E-state index < -0.39 is 6.04 Å². The summed E-state index contributed by atoms with van der Waals surface area (Å²) in [4.78, 5) is 12.1. The minimum absolute atomic E-state index is 0.215. The molecule has 20 heavy (non-hydrogen) atoms. The maximum absolute atomic E-state index is 13.6. The van der Waals surface area contributed by atoms with Gasteiger partial charge in [-0.15, -0.1) is 0 Å². The summed E-state index contributed by atoms with van der Waals surface area (Å²) in [5.41, 5.74) is 6.67. The van der Waals surface area contributed by atoms with Gasteiger partial charge in [0.1, 0.15) is 5.82 Å². The van der Waals surface area contributed by atoms with Gasteiger partial charge < -0.3 is 11.1 Å². The molecule has 0 aromatic heterocycles.